The van der Waals surface area contributed by atoms with Crippen molar-refractivity contribution in [1.82, 2.24) is 10.6 Å². The molecule has 29 heavy (non-hydrogen) atoms. The van der Waals surface area contributed by atoms with E-state index in [9.17, 15) is 9.59 Å². The van der Waals surface area contributed by atoms with Crippen molar-refractivity contribution in [3.05, 3.63) is 65.7 Å². The van der Waals surface area contributed by atoms with Crippen molar-refractivity contribution in [2.24, 2.45) is 11.8 Å². The average molecular weight is 397 g/mol. The number of hydrogen-bond donors (Lipinski definition) is 2. The molecule has 0 saturated heterocycles. The van der Waals surface area contributed by atoms with Crippen LogP contribution >= 0.6 is 0 Å². The quantitative estimate of drug-likeness (QED) is 0.577. The molecule has 0 radical (unpaired) electrons. The number of ether oxygens (including phenoxy) is 1. The van der Waals surface area contributed by atoms with E-state index in [-0.39, 0.29) is 23.7 Å². The first kappa shape index (κ1) is 22.5. The highest BCUT2D eigenvalue weighted by Crippen LogP contribution is 2.20. The third-order valence-corrected chi connectivity index (χ3v) is 4.24. The Hall–Kier alpha value is -2.82. The van der Waals surface area contributed by atoms with Crippen LogP contribution in [0.15, 0.2) is 54.6 Å². The smallest absolute Gasteiger partial charge is 0.222 e. The first-order chi connectivity index (χ1) is 13.8. The predicted octanol–water partition coefficient (Wildman–Crippen LogP) is 4.59. The predicted molar refractivity (Wildman–Crippen MR) is 115 cm³/mol. The fourth-order valence-electron chi connectivity index (χ4n) is 2.91. The van der Waals surface area contributed by atoms with Gasteiger partial charge in [-0.25, -0.2) is 0 Å². The van der Waals surface area contributed by atoms with Crippen molar-refractivity contribution in [3.63, 3.8) is 0 Å². The normalized spacial score (nSPS) is 11.0. The van der Waals surface area contributed by atoms with Gasteiger partial charge in [-0.05, 0) is 35.1 Å². The fraction of sp³-hybridized carbons (Fsp3) is 0.417. The van der Waals surface area contributed by atoms with Crippen LogP contribution in [-0.4, -0.2) is 11.8 Å². The lowest BCUT2D eigenvalue weighted by molar-refractivity contribution is -0.125. The highest BCUT2D eigenvalue weighted by molar-refractivity contribution is 5.79. The fourth-order valence-corrected chi connectivity index (χ4v) is 2.91. The highest BCUT2D eigenvalue weighted by atomic mass is 16.5. The monoisotopic (exact) mass is 396 g/mol. The molecular formula is C24H32N2O3. The van der Waals surface area contributed by atoms with Gasteiger partial charge in [-0.2, -0.15) is 0 Å². The van der Waals surface area contributed by atoms with Gasteiger partial charge < -0.3 is 15.4 Å². The molecule has 5 nitrogen and oxygen atoms in total. The van der Waals surface area contributed by atoms with E-state index >= 15 is 0 Å². The van der Waals surface area contributed by atoms with Crippen LogP contribution in [0.25, 0.3) is 0 Å². The number of benzene rings is 2. The Kier molecular flexibility index (Phi) is 8.71. The molecule has 2 rings (SSSR count). The molecule has 0 unspecified atom stereocenters. The number of carbonyl (C=O) groups excluding carboxylic acids is 2. The summed E-state index contributed by atoms with van der Waals surface area (Å²) in [5.41, 5.74) is 1.86. The summed E-state index contributed by atoms with van der Waals surface area (Å²) in [4.78, 5) is 24.7. The van der Waals surface area contributed by atoms with Crippen LogP contribution in [0.1, 0.15) is 57.8 Å². The molecule has 0 saturated carbocycles. The van der Waals surface area contributed by atoms with Crippen LogP contribution in [-0.2, 0) is 16.2 Å². The summed E-state index contributed by atoms with van der Waals surface area (Å²) in [5.74, 6) is 0.980. The maximum absolute atomic E-state index is 12.3. The Bertz CT molecular complexity index is 764. The van der Waals surface area contributed by atoms with Crippen molar-refractivity contribution >= 4 is 11.8 Å². The van der Waals surface area contributed by atoms with E-state index in [1.54, 1.807) is 0 Å². The average Bonchev–Trinajstić information content (AvgIpc) is 2.65. The molecule has 0 bridgehead atoms. The van der Waals surface area contributed by atoms with Gasteiger partial charge in [-0.3, -0.25) is 9.59 Å². The molecule has 0 aliphatic carbocycles. The van der Waals surface area contributed by atoms with Gasteiger partial charge in [0, 0.05) is 12.8 Å². The van der Waals surface area contributed by atoms with Crippen molar-refractivity contribution in [1.29, 1.82) is 0 Å². The molecule has 0 fully saturated rings. The second-order valence-corrected chi connectivity index (χ2v) is 8.11. The summed E-state index contributed by atoms with van der Waals surface area (Å²) >= 11 is 0. The van der Waals surface area contributed by atoms with E-state index in [0.29, 0.717) is 25.2 Å². The minimum absolute atomic E-state index is 0.0922. The van der Waals surface area contributed by atoms with Gasteiger partial charge in [0.15, 0.2) is 0 Å². The highest BCUT2D eigenvalue weighted by Gasteiger charge is 2.19. The van der Waals surface area contributed by atoms with E-state index in [1.165, 1.54) is 0 Å². The number of nitrogens with one attached hydrogen (secondary N) is 2. The van der Waals surface area contributed by atoms with Crippen LogP contribution in [0.5, 0.6) is 5.75 Å². The molecule has 2 aromatic carbocycles. The van der Waals surface area contributed by atoms with Gasteiger partial charge >= 0.3 is 0 Å². The summed E-state index contributed by atoms with van der Waals surface area (Å²) in [5, 5.41) is 5.89. The lowest BCUT2D eigenvalue weighted by atomic mass is 10.1. The molecule has 156 valence electrons. The van der Waals surface area contributed by atoms with Crippen LogP contribution in [0.4, 0.5) is 0 Å². The minimum atomic E-state index is -0.590. The van der Waals surface area contributed by atoms with E-state index < -0.39 is 6.17 Å². The molecule has 2 aromatic rings. The van der Waals surface area contributed by atoms with Crippen LogP contribution in [0, 0.1) is 11.8 Å². The zero-order chi connectivity index (χ0) is 21.2. The van der Waals surface area contributed by atoms with Crippen LogP contribution in [0.3, 0.4) is 0 Å². The number of amides is 2. The molecule has 0 aromatic heterocycles. The molecule has 0 atom stereocenters. The second-order valence-electron chi connectivity index (χ2n) is 8.11. The summed E-state index contributed by atoms with van der Waals surface area (Å²) < 4.78 is 5.90. The van der Waals surface area contributed by atoms with Gasteiger partial charge in [-0.1, -0.05) is 70.2 Å². The van der Waals surface area contributed by atoms with Crippen LogP contribution < -0.4 is 15.4 Å². The van der Waals surface area contributed by atoms with Crippen molar-refractivity contribution < 1.29 is 14.3 Å². The summed E-state index contributed by atoms with van der Waals surface area (Å²) in [6.45, 7) is 8.41. The van der Waals surface area contributed by atoms with Gasteiger partial charge in [0.1, 0.15) is 18.5 Å². The van der Waals surface area contributed by atoms with Gasteiger partial charge in [0.05, 0.1) is 0 Å². The standard InChI is InChI=1S/C24H32N2O3/c1-17(2)13-22(27)25-24(26-23(28)14-18(3)4)20-11-8-12-21(15-20)29-16-19-9-6-5-7-10-19/h5-12,15,17-18,24H,13-14,16H2,1-4H3,(H,25,27)(H,26,28). The molecule has 2 amide bonds. The summed E-state index contributed by atoms with van der Waals surface area (Å²) in [7, 11) is 0. The number of hydrogen-bond acceptors (Lipinski definition) is 3. The summed E-state index contributed by atoms with van der Waals surface area (Å²) in [6.07, 6.45) is 0.217. The Balaban J connectivity index is 2.12. The van der Waals surface area contributed by atoms with Crippen molar-refractivity contribution in [2.75, 3.05) is 0 Å². The Morgan fingerprint density at radius 2 is 1.41 bits per heavy atom. The molecule has 0 aliphatic heterocycles. The van der Waals surface area contributed by atoms with E-state index in [2.05, 4.69) is 10.6 Å². The molecule has 0 spiro atoms. The van der Waals surface area contributed by atoms with Crippen LogP contribution in [0.2, 0.25) is 0 Å². The first-order valence-corrected chi connectivity index (χ1v) is 10.2. The van der Waals surface area contributed by atoms with Gasteiger partial charge in [-0.15, -0.1) is 0 Å². The largest absolute Gasteiger partial charge is 0.489 e. The molecule has 5 heteroatoms. The van der Waals surface area contributed by atoms with Crippen molar-refractivity contribution in [2.45, 2.75) is 53.3 Å². The van der Waals surface area contributed by atoms with Gasteiger partial charge in [0.25, 0.3) is 0 Å². The van der Waals surface area contributed by atoms with E-state index in [0.717, 1.165) is 11.1 Å². The first-order valence-electron chi connectivity index (χ1n) is 10.2. The Morgan fingerprint density at radius 1 is 0.828 bits per heavy atom. The maximum Gasteiger partial charge on any atom is 0.222 e. The lowest BCUT2D eigenvalue weighted by Crippen LogP contribution is -2.41. The third-order valence-electron chi connectivity index (χ3n) is 4.24. The van der Waals surface area contributed by atoms with E-state index in [4.69, 9.17) is 4.74 Å². The zero-order valence-electron chi connectivity index (χ0n) is 17.8. The molecule has 0 heterocycles. The molecular weight excluding hydrogens is 364 g/mol. The Labute approximate surface area is 173 Å². The summed E-state index contributed by atoms with van der Waals surface area (Å²) in [6, 6.07) is 17.4. The molecule has 2 N–H and O–H groups in total. The third kappa shape index (κ3) is 8.38. The second kappa shape index (κ2) is 11.2. The van der Waals surface area contributed by atoms with E-state index in [1.807, 2.05) is 82.3 Å². The lowest BCUT2D eigenvalue weighted by Gasteiger charge is -2.22. The minimum Gasteiger partial charge on any atom is -0.489 e. The number of carbonyl (C=O) groups is 2. The topological polar surface area (TPSA) is 67.4 Å². The van der Waals surface area contributed by atoms with Crippen molar-refractivity contribution in [3.8, 4) is 5.75 Å². The number of rotatable bonds is 10. The zero-order valence-corrected chi connectivity index (χ0v) is 17.8. The Morgan fingerprint density at radius 3 is 1.97 bits per heavy atom. The van der Waals surface area contributed by atoms with Gasteiger partial charge in [0.2, 0.25) is 11.8 Å². The maximum atomic E-state index is 12.3. The molecule has 0 aliphatic rings. The SMILES string of the molecule is CC(C)CC(=O)NC(NC(=O)CC(C)C)c1cccc(OCc2ccccc2)c1.